The van der Waals surface area contributed by atoms with Crippen LogP contribution in [0.25, 0.3) is 0 Å². The molecule has 0 unspecified atom stereocenters. The van der Waals surface area contributed by atoms with Crippen molar-refractivity contribution in [3.8, 4) is 0 Å². The van der Waals surface area contributed by atoms with Crippen molar-refractivity contribution in [3.63, 3.8) is 0 Å². The minimum absolute atomic E-state index is 0.116. The monoisotopic (exact) mass is 278 g/mol. The quantitative estimate of drug-likeness (QED) is 0.433. The first-order valence-corrected chi connectivity index (χ1v) is 6.59. The molecule has 1 aliphatic carbocycles. The number of anilines is 1. The fourth-order valence-corrected chi connectivity index (χ4v) is 2.44. The van der Waals surface area contributed by atoms with Crippen molar-refractivity contribution >= 4 is 17.3 Å². The molecule has 108 valence electrons. The first-order valence-electron chi connectivity index (χ1n) is 6.59. The van der Waals surface area contributed by atoms with Crippen LogP contribution in [0, 0.1) is 10.1 Å². The van der Waals surface area contributed by atoms with E-state index in [0.29, 0.717) is 5.56 Å². The van der Waals surface area contributed by atoms with E-state index < -0.39 is 4.92 Å². The molecule has 1 aromatic rings. The van der Waals surface area contributed by atoms with Crippen molar-refractivity contribution in [3.05, 3.63) is 33.9 Å². The maximum atomic E-state index is 12.2. The van der Waals surface area contributed by atoms with Gasteiger partial charge in [0.1, 0.15) is 5.69 Å². The molecule has 4 N–H and O–H groups in total. The average Bonchev–Trinajstić information content (AvgIpc) is 2.41. The molecular formula is C13H18N4O3. The number of carbonyl (C=O) groups is 1. The van der Waals surface area contributed by atoms with Gasteiger partial charge in [-0.3, -0.25) is 20.8 Å². The second kappa shape index (κ2) is 5.46. The third-order valence-corrected chi connectivity index (χ3v) is 3.98. The van der Waals surface area contributed by atoms with Crippen molar-refractivity contribution in [1.29, 1.82) is 0 Å². The Balaban J connectivity index is 2.20. The van der Waals surface area contributed by atoms with Gasteiger partial charge in [-0.1, -0.05) is 6.92 Å². The van der Waals surface area contributed by atoms with Gasteiger partial charge in [0.15, 0.2) is 0 Å². The van der Waals surface area contributed by atoms with Crippen LogP contribution in [0.2, 0.25) is 0 Å². The zero-order valence-corrected chi connectivity index (χ0v) is 11.3. The van der Waals surface area contributed by atoms with Crippen LogP contribution >= 0.6 is 0 Å². The summed E-state index contributed by atoms with van der Waals surface area (Å²) in [5.41, 5.74) is 2.48. The van der Waals surface area contributed by atoms with Crippen LogP contribution in [0.3, 0.4) is 0 Å². The normalized spacial score (nSPS) is 16.1. The van der Waals surface area contributed by atoms with Crippen LogP contribution in [0.15, 0.2) is 18.2 Å². The van der Waals surface area contributed by atoms with Gasteiger partial charge in [-0.2, -0.15) is 0 Å². The largest absolute Gasteiger partial charge is 0.347 e. The molecule has 0 radical (unpaired) electrons. The molecule has 20 heavy (non-hydrogen) atoms. The predicted octanol–water partition coefficient (Wildman–Crippen LogP) is 1.94. The molecule has 1 fully saturated rings. The molecule has 1 amide bonds. The lowest BCUT2D eigenvalue weighted by Crippen LogP contribution is -2.52. The highest BCUT2D eigenvalue weighted by atomic mass is 16.6. The van der Waals surface area contributed by atoms with Crippen LogP contribution < -0.4 is 16.6 Å². The number of nitrogens with zero attached hydrogens (tertiary/aromatic N) is 1. The summed E-state index contributed by atoms with van der Waals surface area (Å²) in [4.78, 5) is 22.5. The first-order chi connectivity index (χ1) is 9.51. The number of nitrogens with two attached hydrogens (primary N) is 1. The van der Waals surface area contributed by atoms with Crippen molar-refractivity contribution < 1.29 is 9.72 Å². The van der Waals surface area contributed by atoms with E-state index in [2.05, 4.69) is 10.7 Å². The zero-order chi connectivity index (χ0) is 14.8. The summed E-state index contributed by atoms with van der Waals surface area (Å²) in [6, 6.07) is 4.12. The second-order valence-corrected chi connectivity index (χ2v) is 5.07. The van der Waals surface area contributed by atoms with Crippen molar-refractivity contribution in [2.45, 2.75) is 38.1 Å². The van der Waals surface area contributed by atoms with Crippen LogP contribution in [-0.2, 0) is 0 Å². The topological polar surface area (TPSA) is 110 Å². The molecule has 0 aromatic heterocycles. The number of nitrogens with one attached hydrogen (secondary N) is 2. The Labute approximate surface area is 116 Å². The van der Waals surface area contributed by atoms with Gasteiger partial charge in [0.05, 0.1) is 4.92 Å². The SMILES string of the molecule is CCC1(NC(=O)c2ccc([N+](=O)[O-])c(NN)c2)CCC1. The van der Waals surface area contributed by atoms with Gasteiger partial charge in [-0.15, -0.1) is 0 Å². The van der Waals surface area contributed by atoms with Crippen molar-refractivity contribution in [2.24, 2.45) is 5.84 Å². The molecule has 0 spiro atoms. The van der Waals surface area contributed by atoms with E-state index in [1.54, 1.807) is 0 Å². The first kappa shape index (κ1) is 14.3. The van der Waals surface area contributed by atoms with Crippen LogP contribution in [-0.4, -0.2) is 16.4 Å². The number of amides is 1. The Morgan fingerprint density at radius 2 is 2.20 bits per heavy atom. The maximum absolute atomic E-state index is 12.2. The lowest BCUT2D eigenvalue weighted by atomic mass is 9.74. The molecule has 0 saturated heterocycles. The number of nitrogen functional groups attached to an aromatic ring is 1. The summed E-state index contributed by atoms with van der Waals surface area (Å²) in [5.74, 6) is 5.04. The Kier molecular flexibility index (Phi) is 3.89. The van der Waals surface area contributed by atoms with E-state index in [0.717, 1.165) is 25.7 Å². The lowest BCUT2D eigenvalue weighted by Gasteiger charge is -2.42. The number of hydrazine groups is 1. The Bertz CT molecular complexity index is 535. The van der Waals surface area contributed by atoms with Crippen LogP contribution in [0.4, 0.5) is 11.4 Å². The molecule has 7 nitrogen and oxygen atoms in total. The Morgan fingerprint density at radius 1 is 1.50 bits per heavy atom. The minimum Gasteiger partial charge on any atom is -0.347 e. The van der Waals surface area contributed by atoms with E-state index in [1.807, 2.05) is 6.92 Å². The molecule has 0 atom stereocenters. The summed E-state index contributed by atoms with van der Waals surface area (Å²) < 4.78 is 0. The van der Waals surface area contributed by atoms with Crippen molar-refractivity contribution in [1.82, 2.24) is 5.32 Å². The summed E-state index contributed by atoms with van der Waals surface area (Å²) in [6.45, 7) is 2.04. The maximum Gasteiger partial charge on any atom is 0.293 e. The fourth-order valence-electron chi connectivity index (χ4n) is 2.44. The van der Waals surface area contributed by atoms with E-state index in [4.69, 9.17) is 5.84 Å². The standard InChI is InChI=1S/C13H18N4O3/c1-2-13(6-3-7-13)15-12(18)9-4-5-11(17(19)20)10(8-9)16-14/h4-5,8,16H,2-3,6-7,14H2,1H3,(H,15,18). The van der Waals surface area contributed by atoms with Gasteiger partial charge >= 0.3 is 0 Å². The predicted molar refractivity (Wildman–Crippen MR) is 75.2 cm³/mol. The molecular weight excluding hydrogens is 260 g/mol. The van der Waals surface area contributed by atoms with Gasteiger partial charge in [-0.25, -0.2) is 0 Å². The van der Waals surface area contributed by atoms with Crippen LogP contribution in [0.5, 0.6) is 0 Å². The number of hydrogen-bond acceptors (Lipinski definition) is 5. The van der Waals surface area contributed by atoms with Crippen molar-refractivity contribution in [2.75, 3.05) is 5.43 Å². The van der Waals surface area contributed by atoms with E-state index in [1.165, 1.54) is 18.2 Å². The molecule has 1 saturated carbocycles. The number of carbonyl (C=O) groups excluding carboxylic acids is 1. The summed E-state index contributed by atoms with van der Waals surface area (Å²) in [6.07, 6.45) is 3.95. The van der Waals surface area contributed by atoms with Gasteiger partial charge in [0.2, 0.25) is 0 Å². The molecule has 0 aliphatic heterocycles. The number of benzene rings is 1. The van der Waals surface area contributed by atoms with Crippen LogP contribution in [0.1, 0.15) is 43.0 Å². The second-order valence-electron chi connectivity index (χ2n) is 5.07. The highest BCUT2D eigenvalue weighted by molar-refractivity contribution is 5.96. The Morgan fingerprint density at radius 3 is 2.65 bits per heavy atom. The van der Waals surface area contributed by atoms with E-state index in [9.17, 15) is 14.9 Å². The molecule has 0 bridgehead atoms. The van der Waals surface area contributed by atoms with Gasteiger partial charge < -0.3 is 10.7 Å². The van der Waals surface area contributed by atoms with Gasteiger partial charge in [0, 0.05) is 17.2 Å². The van der Waals surface area contributed by atoms with Gasteiger partial charge in [0.25, 0.3) is 11.6 Å². The zero-order valence-electron chi connectivity index (χ0n) is 11.3. The highest BCUT2D eigenvalue weighted by Gasteiger charge is 2.36. The minimum atomic E-state index is -0.545. The smallest absolute Gasteiger partial charge is 0.293 e. The third kappa shape index (κ3) is 2.57. The third-order valence-electron chi connectivity index (χ3n) is 3.98. The summed E-state index contributed by atoms with van der Waals surface area (Å²) in [7, 11) is 0. The van der Waals surface area contributed by atoms with Gasteiger partial charge in [-0.05, 0) is 37.8 Å². The molecule has 1 aromatic carbocycles. The summed E-state index contributed by atoms with van der Waals surface area (Å²) in [5, 5.41) is 13.8. The number of rotatable bonds is 5. The fraction of sp³-hybridized carbons (Fsp3) is 0.462. The number of nitro benzene ring substituents is 1. The number of hydrogen-bond donors (Lipinski definition) is 3. The summed E-state index contributed by atoms with van der Waals surface area (Å²) >= 11 is 0. The molecule has 1 aliphatic rings. The molecule has 2 rings (SSSR count). The molecule has 0 heterocycles. The van der Waals surface area contributed by atoms with E-state index >= 15 is 0 Å². The highest BCUT2D eigenvalue weighted by Crippen LogP contribution is 2.35. The van der Waals surface area contributed by atoms with E-state index in [-0.39, 0.29) is 22.8 Å². The lowest BCUT2D eigenvalue weighted by molar-refractivity contribution is -0.384. The molecule has 7 heteroatoms. The Hall–Kier alpha value is -2.15. The average molecular weight is 278 g/mol. The number of nitro groups is 1.